The van der Waals surface area contributed by atoms with Crippen molar-refractivity contribution in [1.82, 2.24) is 19.7 Å². The number of amides is 1. The number of hydrogen-bond donors (Lipinski definition) is 1. The van der Waals surface area contributed by atoms with E-state index >= 15 is 0 Å². The standard InChI is InChI=1S/C29H42N4O5/c1-4-5-14-32(15-6-13-31(2)3)27(34)20-33-19-23(21-7-9-25-22(18-21)11-16-37-25)28(29(35)36)24(33)8-10-26-30-12-17-38-26/h7,9,12,17-18,23-24,28H,4-6,8,10-11,13-16,19-20H2,1-3H3,(H,35,36). The highest BCUT2D eigenvalue weighted by molar-refractivity contribution is 5.79. The Labute approximate surface area is 225 Å². The fourth-order valence-electron chi connectivity index (χ4n) is 5.84. The van der Waals surface area contributed by atoms with Crippen LogP contribution in [0.4, 0.5) is 0 Å². The zero-order chi connectivity index (χ0) is 27.1. The molecule has 9 nitrogen and oxygen atoms in total. The molecule has 3 heterocycles. The molecule has 3 atom stereocenters. The lowest BCUT2D eigenvalue weighted by Crippen LogP contribution is -2.45. The molecule has 0 saturated carbocycles. The molecular weight excluding hydrogens is 484 g/mol. The zero-order valence-electron chi connectivity index (χ0n) is 23.0. The van der Waals surface area contributed by atoms with Gasteiger partial charge in [0.15, 0.2) is 5.89 Å². The van der Waals surface area contributed by atoms with E-state index in [1.807, 2.05) is 31.1 Å². The molecule has 0 aliphatic carbocycles. The minimum absolute atomic E-state index is 0.0745. The van der Waals surface area contributed by atoms with Gasteiger partial charge in [0, 0.05) is 44.4 Å². The first-order chi connectivity index (χ1) is 18.4. The van der Waals surface area contributed by atoms with Crippen LogP contribution in [0.15, 0.2) is 35.1 Å². The molecule has 0 bridgehead atoms. The summed E-state index contributed by atoms with van der Waals surface area (Å²) in [6, 6.07) is 5.76. The first kappa shape index (κ1) is 28.1. The maximum atomic E-state index is 13.6. The van der Waals surface area contributed by atoms with Gasteiger partial charge in [-0.05, 0) is 57.1 Å². The number of carboxylic acid groups (broad SMARTS) is 1. The third-order valence-electron chi connectivity index (χ3n) is 7.82. The molecule has 1 amide bonds. The number of likely N-dealkylation sites (tertiary alicyclic amines) is 1. The average Bonchev–Trinajstić information content (AvgIpc) is 3.64. The Hall–Kier alpha value is -2.91. The van der Waals surface area contributed by atoms with Crippen LogP contribution in [0.5, 0.6) is 5.75 Å². The molecule has 2 aliphatic rings. The van der Waals surface area contributed by atoms with Crippen molar-refractivity contribution >= 4 is 11.9 Å². The van der Waals surface area contributed by atoms with Crippen LogP contribution < -0.4 is 4.74 Å². The topological polar surface area (TPSA) is 99.3 Å². The van der Waals surface area contributed by atoms with Crippen molar-refractivity contribution < 1.29 is 23.8 Å². The van der Waals surface area contributed by atoms with Crippen molar-refractivity contribution in [1.29, 1.82) is 0 Å². The van der Waals surface area contributed by atoms with E-state index in [1.54, 1.807) is 6.20 Å². The predicted molar refractivity (Wildman–Crippen MR) is 144 cm³/mol. The van der Waals surface area contributed by atoms with Gasteiger partial charge in [0.05, 0.1) is 25.3 Å². The maximum Gasteiger partial charge on any atom is 0.308 e. The fraction of sp³-hybridized carbons (Fsp3) is 0.621. The third kappa shape index (κ3) is 6.94. The van der Waals surface area contributed by atoms with Gasteiger partial charge >= 0.3 is 5.97 Å². The first-order valence-corrected chi connectivity index (χ1v) is 13.9. The molecule has 2 aliphatic heterocycles. The minimum atomic E-state index is -0.826. The molecule has 2 aromatic rings. The second kappa shape index (κ2) is 13.2. The van der Waals surface area contributed by atoms with Gasteiger partial charge < -0.3 is 24.1 Å². The number of nitrogens with zero attached hydrogens (tertiary/aromatic N) is 4. The number of rotatable bonds is 14. The van der Waals surface area contributed by atoms with Gasteiger partial charge in [0.25, 0.3) is 0 Å². The number of aryl methyl sites for hydroxylation is 1. The normalized spacial score (nSPS) is 21.0. The van der Waals surface area contributed by atoms with E-state index in [9.17, 15) is 14.7 Å². The van der Waals surface area contributed by atoms with E-state index in [2.05, 4.69) is 27.8 Å². The molecule has 1 aromatic carbocycles. The lowest BCUT2D eigenvalue weighted by Gasteiger charge is -2.30. The number of fused-ring (bicyclic) bond motifs is 1. The smallest absolute Gasteiger partial charge is 0.308 e. The number of aliphatic carboxylic acids is 1. The lowest BCUT2D eigenvalue weighted by atomic mass is 9.83. The van der Waals surface area contributed by atoms with Gasteiger partial charge in [0.2, 0.25) is 5.91 Å². The van der Waals surface area contributed by atoms with Gasteiger partial charge in [-0.15, -0.1) is 0 Å². The van der Waals surface area contributed by atoms with E-state index in [4.69, 9.17) is 9.15 Å². The number of oxazole rings is 1. The van der Waals surface area contributed by atoms with Crippen LogP contribution in [-0.2, 0) is 22.4 Å². The molecule has 4 rings (SSSR count). The summed E-state index contributed by atoms with van der Waals surface area (Å²) in [7, 11) is 4.08. The molecule has 38 heavy (non-hydrogen) atoms. The summed E-state index contributed by atoms with van der Waals surface area (Å²) in [5.74, 6) is -0.116. The van der Waals surface area contributed by atoms with Gasteiger partial charge in [-0.2, -0.15) is 0 Å². The Morgan fingerprint density at radius 1 is 1.18 bits per heavy atom. The van der Waals surface area contributed by atoms with E-state index in [0.29, 0.717) is 38.4 Å². The van der Waals surface area contributed by atoms with Crippen LogP contribution >= 0.6 is 0 Å². The van der Waals surface area contributed by atoms with Crippen LogP contribution in [0.25, 0.3) is 0 Å². The summed E-state index contributed by atoms with van der Waals surface area (Å²) in [6.45, 7) is 5.90. The lowest BCUT2D eigenvalue weighted by molar-refractivity contribution is -0.143. The Morgan fingerprint density at radius 3 is 2.71 bits per heavy atom. The number of carboxylic acids is 1. The molecule has 0 spiro atoms. The number of carbonyl (C=O) groups is 2. The van der Waals surface area contributed by atoms with E-state index in [-0.39, 0.29) is 24.4 Å². The summed E-state index contributed by atoms with van der Waals surface area (Å²) in [5.41, 5.74) is 2.13. The molecule has 1 saturated heterocycles. The average molecular weight is 527 g/mol. The highest BCUT2D eigenvalue weighted by Gasteiger charge is 2.47. The summed E-state index contributed by atoms with van der Waals surface area (Å²) < 4.78 is 11.1. The minimum Gasteiger partial charge on any atom is -0.493 e. The number of carbonyl (C=O) groups excluding carboxylic acids is 1. The second-order valence-electron chi connectivity index (χ2n) is 10.8. The van der Waals surface area contributed by atoms with Crippen molar-refractivity contribution in [3.63, 3.8) is 0 Å². The van der Waals surface area contributed by atoms with Crippen LogP contribution in [0.2, 0.25) is 0 Å². The molecule has 0 radical (unpaired) electrons. The van der Waals surface area contributed by atoms with Crippen molar-refractivity contribution in [3.8, 4) is 5.75 Å². The van der Waals surface area contributed by atoms with Crippen LogP contribution in [0, 0.1) is 5.92 Å². The Bertz CT molecular complexity index is 1060. The predicted octanol–water partition coefficient (Wildman–Crippen LogP) is 3.29. The summed E-state index contributed by atoms with van der Waals surface area (Å²) in [5, 5.41) is 10.4. The number of unbranched alkanes of at least 4 members (excludes halogenated alkanes) is 1. The number of hydrogen-bond acceptors (Lipinski definition) is 7. The Kier molecular flexibility index (Phi) is 9.80. The van der Waals surface area contributed by atoms with Crippen molar-refractivity contribution in [2.45, 2.75) is 57.4 Å². The quantitative estimate of drug-likeness (QED) is 0.400. The Balaban J connectivity index is 1.55. The number of ether oxygens (including phenoxy) is 1. The third-order valence-corrected chi connectivity index (χ3v) is 7.82. The summed E-state index contributed by atoms with van der Waals surface area (Å²) in [4.78, 5) is 36.8. The molecular formula is C29H42N4O5. The monoisotopic (exact) mass is 526 g/mol. The maximum absolute atomic E-state index is 13.6. The number of aromatic nitrogens is 1. The van der Waals surface area contributed by atoms with Crippen molar-refractivity contribution in [2.24, 2.45) is 5.92 Å². The van der Waals surface area contributed by atoms with Gasteiger partial charge in [-0.1, -0.05) is 25.5 Å². The molecule has 1 N–H and O–H groups in total. The van der Waals surface area contributed by atoms with Crippen molar-refractivity contribution in [3.05, 3.63) is 47.7 Å². The number of benzene rings is 1. The van der Waals surface area contributed by atoms with E-state index in [0.717, 1.165) is 55.6 Å². The summed E-state index contributed by atoms with van der Waals surface area (Å²) >= 11 is 0. The highest BCUT2D eigenvalue weighted by atomic mass is 16.5. The van der Waals surface area contributed by atoms with Gasteiger partial charge in [-0.3, -0.25) is 14.5 Å². The SMILES string of the molecule is CCCCN(CCCN(C)C)C(=O)CN1CC(c2ccc3c(c2)CCO3)C(C(=O)O)C1CCc1ncco1. The molecule has 9 heteroatoms. The summed E-state index contributed by atoms with van der Waals surface area (Å²) in [6.07, 6.45) is 7.95. The largest absolute Gasteiger partial charge is 0.493 e. The van der Waals surface area contributed by atoms with E-state index < -0.39 is 11.9 Å². The molecule has 1 fully saturated rings. The zero-order valence-corrected chi connectivity index (χ0v) is 23.0. The first-order valence-electron chi connectivity index (χ1n) is 13.9. The van der Waals surface area contributed by atoms with Gasteiger partial charge in [0.1, 0.15) is 12.0 Å². The Morgan fingerprint density at radius 2 is 2.00 bits per heavy atom. The molecule has 1 aromatic heterocycles. The van der Waals surface area contributed by atoms with Crippen LogP contribution in [0.1, 0.15) is 55.5 Å². The van der Waals surface area contributed by atoms with Crippen molar-refractivity contribution in [2.75, 3.05) is 53.4 Å². The molecule has 3 unspecified atom stereocenters. The van der Waals surface area contributed by atoms with Crippen LogP contribution in [-0.4, -0.2) is 96.1 Å². The second-order valence-corrected chi connectivity index (χ2v) is 10.8. The van der Waals surface area contributed by atoms with Crippen LogP contribution in [0.3, 0.4) is 0 Å². The highest BCUT2D eigenvalue weighted by Crippen LogP contribution is 2.41. The molecule has 208 valence electrons. The van der Waals surface area contributed by atoms with E-state index in [1.165, 1.54) is 6.26 Å². The fourth-order valence-corrected chi connectivity index (χ4v) is 5.84. The van der Waals surface area contributed by atoms with Gasteiger partial charge in [-0.25, -0.2) is 4.98 Å².